The Bertz CT molecular complexity index is 403. The van der Waals surface area contributed by atoms with Crippen molar-refractivity contribution in [1.82, 2.24) is 4.98 Å². The number of carboxylic acids is 1. The van der Waals surface area contributed by atoms with Crippen molar-refractivity contribution >= 4 is 23.4 Å². The Hall–Kier alpha value is -1.29. The Morgan fingerprint density at radius 2 is 2.06 bits per heavy atom. The molecule has 0 aliphatic carbocycles. The molecule has 1 aromatic rings. The maximum absolute atomic E-state index is 11.1. The maximum Gasteiger partial charge on any atom is 0.341 e. The zero-order valence-electron chi connectivity index (χ0n) is 8.82. The number of pyridine rings is 1. The Morgan fingerprint density at radius 1 is 1.38 bits per heavy atom. The molecule has 1 aromatic heterocycles. The number of piperidine rings is 1. The number of carboxylic acid groups (broad SMARTS) is 1. The van der Waals surface area contributed by atoms with Gasteiger partial charge in [-0.3, -0.25) is 0 Å². The standard InChI is InChI=1S/C11H13ClN2O2/c12-8-4-5-13-10(9(8)11(15)16)14-6-2-1-3-7-14/h4-5H,1-3,6-7H2,(H,15,16). The van der Waals surface area contributed by atoms with Gasteiger partial charge in [0.05, 0.1) is 5.02 Å². The molecule has 0 spiro atoms. The summed E-state index contributed by atoms with van der Waals surface area (Å²) in [5.41, 5.74) is 0.117. The summed E-state index contributed by atoms with van der Waals surface area (Å²) in [6.07, 6.45) is 4.90. The number of anilines is 1. The molecule has 0 bridgehead atoms. The highest BCUT2D eigenvalue weighted by atomic mass is 35.5. The number of rotatable bonds is 2. The molecular formula is C11H13ClN2O2. The van der Waals surface area contributed by atoms with Crippen LogP contribution in [0, 0.1) is 0 Å². The monoisotopic (exact) mass is 240 g/mol. The Balaban J connectivity index is 2.38. The van der Waals surface area contributed by atoms with Crippen LogP contribution in [0.3, 0.4) is 0 Å². The summed E-state index contributed by atoms with van der Waals surface area (Å²) in [5, 5.41) is 9.38. The van der Waals surface area contributed by atoms with Crippen LogP contribution in [0.1, 0.15) is 29.6 Å². The first-order valence-electron chi connectivity index (χ1n) is 5.33. The molecule has 0 saturated carbocycles. The molecule has 1 aliphatic rings. The van der Waals surface area contributed by atoms with Gasteiger partial charge in [-0.25, -0.2) is 9.78 Å². The first-order chi connectivity index (χ1) is 7.70. The summed E-state index contributed by atoms with van der Waals surface area (Å²) in [5.74, 6) is -0.515. The van der Waals surface area contributed by atoms with Crippen LogP contribution >= 0.6 is 11.6 Å². The van der Waals surface area contributed by atoms with Gasteiger partial charge in [-0.05, 0) is 25.3 Å². The highest BCUT2D eigenvalue weighted by Gasteiger charge is 2.21. The second-order valence-corrected chi connectivity index (χ2v) is 4.25. The summed E-state index contributed by atoms with van der Waals surface area (Å²) in [7, 11) is 0. The first kappa shape index (κ1) is 11.2. The average Bonchev–Trinajstić information content (AvgIpc) is 2.29. The lowest BCUT2D eigenvalue weighted by molar-refractivity contribution is 0.0697. The Labute approximate surface area is 98.9 Å². The number of nitrogens with zero attached hydrogens (tertiary/aromatic N) is 2. The van der Waals surface area contributed by atoms with E-state index in [1.54, 1.807) is 6.20 Å². The molecule has 2 rings (SSSR count). The van der Waals surface area contributed by atoms with Crippen molar-refractivity contribution in [2.24, 2.45) is 0 Å². The first-order valence-corrected chi connectivity index (χ1v) is 5.70. The summed E-state index contributed by atoms with van der Waals surface area (Å²) in [4.78, 5) is 17.3. The van der Waals surface area contributed by atoms with Gasteiger partial charge in [-0.15, -0.1) is 0 Å². The summed E-state index contributed by atoms with van der Waals surface area (Å²) < 4.78 is 0. The fourth-order valence-corrected chi connectivity index (χ4v) is 2.19. The topological polar surface area (TPSA) is 53.4 Å². The zero-order valence-corrected chi connectivity index (χ0v) is 9.57. The predicted octanol–water partition coefficient (Wildman–Crippen LogP) is 2.42. The fourth-order valence-electron chi connectivity index (χ4n) is 1.97. The van der Waals surface area contributed by atoms with Crippen molar-refractivity contribution in [1.29, 1.82) is 0 Å². The molecule has 1 saturated heterocycles. The van der Waals surface area contributed by atoms with E-state index in [1.165, 1.54) is 12.5 Å². The number of hydrogen-bond donors (Lipinski definition) is 1. The Kier molecular flexibility index (Phi) is 3.29. The van der Waals surface area contributed by atoms with Gasteiger partial charge < -0.3 is 10.0 Å². The van der Waals surface area contributed by atoms with Gasteiger partial charge in [-0.1, -0.05) is 11.6 Å². The van der Waals surface area contributed by atoms with E-state index in [2.05, 4.69) is 4.98 Å². The molecule has 0 aromatic carbocycles. The van der Waals surface area contributed by atoms with Crippen LogP contribution in [0.4, 0.5) is 5.82 Å². The van der Waals surface area contributed by atoms with E-state index in [1.807, 2.05) is 4.90 Å². The van der Waals surface area contributed by atoms with E-state index in [0.29, 0.717) is 5.82 Å². The lowest BCUT2D eigenvalue weighted by atomic mass is 10.1. The molecule has 16 heavy (non-hydrogen) atoms. The average molecular weight is 241 g/mol. The third-order valence-electron chi connectivity index (χ3n) is 2.75. The summed E-state index contributed by atoms with van der Waals surface area (Å²) in [6.45, 7) is 1.71. The second kappa shape index (κ2) is 4.70. The van der Waals surface area contributed by atoms with Crippen LogP contribution in [0.25, 0.3) is 0 Å². The number of hydrogen-bond acceptors (Lipinski definition) is 3. The van der Waals surface area contributed by atoms with Crippen LogP contribution in [-0.2, 0) is 0 Å². The molecule has 0 amide bonds. The fraction of sp³-hybridized carbons (Fsp3) is 0.455. The minimum atomic E-state index is -1.02. The molecular weight excluding hydrogens is 228 g/mol. The molecule has 86 valence electrons. The molecule has 1 aliphatic heterocycles. The van der Waals surface area contributed by atoms with E-state index < -0.39 is 5.97 Å². The van der Waals surface area contributed by atoms with Gasteiger partial charge >= 0.3 is 5.97 Å². The largest absolute Gasteiger partial charge is 0.478 e. The van der Waals surface area contributed by atoms with Gasteiger partial charge in [0.25, 0.3) is 0 Å². The summed E-state index contributed by atoms with van der Waals surface area (Å²) in [6, 6.07) is 1.51. The highest BCUT2D eigenvalue weighted by molar-refractivity contribution is 6.34. The molecule has 1 fully saturated rings. The molecule has 0 radical (unpaired) electrons. The third-order valence-corrected chi connectivity index (χ3v) is 3.06. The number of halogens is 1. The van der Waals surface area contributed by atoms with Crippen molar-refractivity contribution in [3.63, 3.8) is 0 Å². The quantitative estimate of drug-likeness (QED) is 0.863. The van der Waals surface area contributed by atoms with Crippen molar-refractivity contribution in [2.45, 2.75) is 19.3 Å². The van der Waals surface area contributed by atoms with Gasteiger partial charge in [0.1, 0.15) is 11.4 Å². The zero-order chi connectivity index (χ0) is 11.5. The van der Waals surface area contributed by atoms with E-state index in [9.17, 15) is 4.79 Å². The molecule has 0 unspecified atom stereocenters. The number of aromatic nitrogens is 1. The second-order valence-electron chi connectivity index (χ2n) is 3.84. The smallest absolute Gasteiger partial charge is 0.341 e. The minimum absolute atomic E-state index is 0.117. The predicted molar refractivity (Wildman–Crippen MR) is 62.3 cm³/mol. The van der Waals surface area contributed by atoms with E-state index in [0.717, 1.165) is 25.9 Å². The lowest BCUT2D eigenvalue weighted by Crippen LogP contribution is -2.31. The number of carbonyl (C=O) groups is 1. The maximum atomic E-state index is 11.1. The van der Waals surface area contributed by atoms with Gasteiger partial charge in [0.15, 0.2) is 0 Å². The number of aromatic carboxylic acids is 1. The highest BCUT2D eigenvalue weighted by Crippen LogP contribution is 2.27. The van der Waals surface area contributed by atoms with E-state index >= 15 is 0 Å². The van der Waals surface area contributed by atoms with Crippen LogP contribution in [-0.4, -0.2) is 29.1 Å². The third kappa shape index (κ3) is 2.11. The molecule has 4 nitrogen and oxygen atoms in total. The van der Waals surface area contributed by atoms with Gasteiger partial charge in [-0.2, -0.15) is 0 Å². The van der Waals surface area contributed by atoms with E-state index in [4.69, 9.17) is 16.7 Å². The molecule has 0 atom stereocenters. The van der Waals surface area contributed by atoms with Gasteiger partial charge in [0, 0.05) is 19.3 Å². The normalized spacial score (nSPS) is 16.2. The Morgan fingerprint density at radius 3 is 2.69 bits per heavy atom. The van der Waals surface area contributed by atoms with E-state index in [-0.39, 0.29) is 10.6 Å². The van der Waals surface area contributed by atoms with Crippen molar-refractivity contribution in [2.75, 3.05) is 18.0 Å². The van der Waals surface area contributed by atoms with Crippen molar-refractivity contribution < 1.29 is 9.90 Å². The molecule has 5 heteroatoms. The van der Waals surface area contributed by atoms with Crippen LogP contribution in [0.2, 0.25) is 5.02 Å². The minimum Gasteiger partial charge on any atom is -0.478 e. The lowest BCUT2D eigenvalue weighted by Gasteiger charge is -2.28. The molecule has 1 N–H and O–H groups in total. The van der Waals surface area contributed by atoms with Gasteiger partial charge in [0.2, 0.25) is 0 Å². The SMILES string of the molecule is O=C(O)c1c(Cl)ccnc1N1CCCCC1. The van der Waals surface area contributed by atoms with Crippen molar-refractivity contribution in [3.8, 4) is 0 Å². The molecule has 2 heterocycles. The van der Waals surface area contributed by atoms with Crippen LogP contribution in [0.15, 0.2) is 12.3 Å². The van der Waals surface area contributed by atoms with Crippen LogP contribution < -0.4 is 4.90 Å². The summed E-state index contributed by atoms with van der Waals surface area (Å²) >= 11 is 5.90. The van der Waals surface area contributed by atoms with Crippen LogP contribution in [0.5, 0.6) is 0 Å². The van der Waals surface area contributed by atoms with Crippen molar-refractivity contribution in [3.05, 3.63) is 22.8 Å².